The molecule has 0 fully saturated rings. The van der Waals surface area contributed by atoms with Crippen molar-refractivity contribution in [2.75, 3.05) is 12.4 Å². The van der Waals surface area contributed by atoms with Crippen LogP contribution < -0.4 is 14.8 Å². The van der Waals surface area contributed by atoms with E-state index in [9.17, 15) is 9.59 Å². The number of hydrogen-bond donors (Lipinski definition) is 1. The lowest BCUT2D eigenvalue weighted by molar-refractivity contribution is -0.122. The van der Waals surface area contributed by atoms with Crippen molar-refractivity contribution >= 4 is 17.4 Å². The predicted molar refractivity (Wildman–Crippen MR) is 114 cm³/mol. The molecule has 5 nitrogen and oxygen atoms in total. The monoisotopic (exact) mass is 389 g/mol. The molecule has 0 aliphatic carbocycles. The topological polar surface area (TPSA) is 64.6 Å². The lowest BCUT2D eigenvalue weighted by Crippen LogP contribution is -2.30. The van der Waals surface area contributed by atoms with Crippen LogP contribution in [-0.4, -0.2) is 24.9 Å². The van der Waals surface area contributed by atoms with Crippen molar-refractivity contribution in [2.45, 2.75) is 20.0 Å². The summed E-state index contributed by atoms with van der Waals surface area (Å²) >= 11 is 0. The molecule has 3 aromatic carbocycles. The number of amides is 1. The van der Waals surface area contributed by atoms with Crippen molar-refractivity contribution in [3.05, 3.63) is 78.4 Å². The molecular weight excluding hydrogens is 366 g/mol. The van der Waals surface area contributed by atoms with Crippen molar-refractivity contribution in [1.82, 2.24) is 0 Å². The Bertz CT molecular complexity index is 1010. The molecule has 0 heterocycles. The molecule has 1 N–H and O–H groups in total. The maximum absolute atomic E-state index is 12.7. The van der Waals surface area contributed by atoms with Gasteiger partial charge in [0.2, 0.25) is 0 Å². The van der Waals surface area contributed by atoms with Crippen LogP contribution in [0.15, 0.2) is 72.8 Å². The van der Waals surface area contributed by atoms with Gasteiger partial charge in [0.15, 0.2) is 23.4 Å². The minimum Gasteiger partial charge on any atom is -0.493 e. The minimum atomic E-state index is -0.768. The molecule has 0 bridgehead atoms. The van der Waals surface area contributed by atoms with E-state index in [4.69, 9.17) is 9.47 Å². The van der Waals surface area contributed by atoms with Gasteiger partial charge < -0.3 is 14.8 Å². The number of rotatable bonds is 7. The average Bonchev–Trinajstić information content (AvgIpc) is 2.74. The average molecular weight is 389 g/mol. The molecule has 1 amide bonds. The highest BCUT2D eigenvalue weighted by Gasteiger charge is 2.19. The van der Waals surface area contributed by atoms with Gasteiger partial charge in [0.05, 0.1) is 7.11 Å². The Kier molecular flexibility index (Phi) is 6.29. The summed E-state index contributed by atoms with van der Waals surface area (Å²) in [6.45, 7) is 3.15. The second-order valence-corrected chi connectivity index (χ2v) is 6.58. The second kappa shape index (κ2) is 9.06. The van der Waals surface area contributed by atoms with Gasteiger partial charge >= 0.3 is 0 Å². The quantitative estimate of drug-likeness (QED) is 0.580. The predicted octanol–water partition coefficient (Wildman–Crippen LogP) is 4.97. The Morgan fingerprint density at radius 2 is 1.59 bits per heavy atom. The van der Waals surface area contributed by atoms with E-state index < -0.39 is 6.10 Å². The fourth-order valence-electron chi connectivity index (χ4n) is 2.92. The zero-order valence-corrected chi connectivity index (χ0v) is 16.6. The van der Waals surface area contributed by atoms with Crippen LogP contribution in [0.2, 0.25) is 0 Å². The molecule has 0 aromatic heterocycles. The summed E-state index contributed by atoms with van der Waals surface area (Å²) in [6.07, 6.45) is -0.768. The first-order chi connectivity index (χ1) is 14.0. The number of methoxy groups -OCH3 is 1. The standard InChI is InChI=1S/C24H23NO4/c1-16(26)19-13-14-22(23(15-19)28-3)29-17(2)24(27)25-21-12-8-7-11-20(21)18-9-5-4-6-10-18/h4-15,17H,1-3H3,(H,25,27). The summed E-state index contributed by atoms with van der Waals surface area (Å²) in [4.78, 5) is 24.3. The third kappa shape index (κ3) is 4.82. The molecule has 0 saturated heterocycles. The van der Waals surface area contributed by atoms with Crippen molar-refractivity contribution < 1.29 is 19.1 Å². The molecule has 0 spiro atoms. The van der Waals surface area contributed by atoms with E-state index in [2.05, 4.69) is 5.32 Å². The van der Waals surface area contributed by atoms with Crippen LogP contribution in [0.25, 0.3) is 11.1 Å². The third-order valence-electron chi connectivity index (χ3n) is 4.51. The Morgan fingerprint density at radius 3 is 2.28 bits per heavy atom. The fraction of sp³-hybridized carbons (Fsp3) is 0.167. The van der Waals surface area contributed by atoms with Crippen LogP contribution in [0.4, 0.5) is 5.69 Å². The largest absolute Gasteiger partial charge is 0.493 e. The smallest absolute Gasteiger partial charge is 0.265 e. The Hall–Kier alpha value is -3.60. The highest BCUT2D eigenvalue weighted by atomic mass is 16.5. The van der Waals surface area contributed by atoms with Crippen LogP contribution >= 0.6 is 0 Å². The molecule has 3 aromatic rings. The Morgan fingerprint density at radius 1 is 0.897 bits per heavy atom. The summed E-state index contributed by atoms with van der Waals surface area (Å²) < 4.78 is 11.1. The number of benzene rings is 3. The molecular formula is C24H23NO4. The number of carbonyl (C=O) groups excluding carboxylic acids is 2. The number of hydrogen-bond acceptors (Lipinski definition) is 4. The van der Waals surface area contributed by atoms with Crippen LogP contribution in [0.1, 0.15) is 24.2 Å². The molecule has 29 heavy (non-hydrogen) atoms. The zero-order valence-electron chi connectivity index (χ0n) is 16.6. The summed E-state index contributed by atoms with van der Waals surface area (Å²) in [7, 11) is 1.49. The fourth-order valence-corrected chi connectivity index (χ4v) is 2.92. The van der Waals surface area contributed by atoms with Gasteiger partial charge in [-0.05, 0) is 43.7 Å². The van der Waals surface area contributed by atoms with E-state index in [0.717, 1.165) is 11.1 Å². The highest BCUT2D eigenvalue weighted by Crippen LogP contribution is 2.30. The number of nitrogens with one attached hydrogen (secondary N) is 1. The highest BCUT2D eigenvalue weighted by molar-refractivity contribution is 5.98. The Balaban J connectivity index is 1.77. The van der Waals surface area contributed by atoms with Gasteiger partial charge in [0, 0.05) is 16.8 Å². The molecule has 0 aliphatic rings. The van der Waals surface area contributed by atoms with E-state index in [1.54, 1.807) is 25.1 Å². The summed E-state index contributed by atoms with van der Waals surface area (Å²) in [6, 6.07) is 22.3. The van der Waals surface area contributed by atoms with Crippen molar-refractivity contribution in [2.24, 2.45) is 0 Å². The van der Waals surface area contributed by atoms with Gasteiger partial charge in [-0.15, -0.1) is 0 Å². The molecule has 0 saturated carbocycles. The van der Waals surface area contributed by atoms with Crippen molar-refractivity contribution in [3.63, 3.8) is 0 Å². The number of Topliss-reactive ketones (excluding diaryl/α,β-unsaturated/α-hetero) is 1. The summed E-state index contributed by atoms with van der Waals surface area (Å²) in [5.41, 5.74) is 3.16. The van der Waals surface area contributed by atoms with Crippen molar-refractivity contribution in [1.29, 1.82) is 0 Å². The number of ether oxygens (including phenoxy) is 2. The van der Waals surface area contributed by atoms with Crippen LogP contribution in [0.5, 0.6) is 11.5 Å². The SMILES string of the molecule is COc1cc(C(C)=O)ccc1OC(C)C(=O)Nc1ccccc1-c1ccccc1. The van der Waals surface area contributed by atoms with Crippen LogP contribution in [-0.2, 0) is 4.79 Å². The van der Waals surface area contributed by atoms with Gasteiger partial charge in [0.25, 0.3) is 5.91 Å². The minimum absolute atomic E-state index is 0.0711. The molecule has 1 unspecified atom stereocenters. The van der Waals surface area contributed by atoms with Crippen molar-refractivity contribution in [3.8, 4) is 22.6 Å². The van der Waals surface area contributed by atoms with Gasteiger partial charge in [-0.2, -0.15) is 0 Å². The van der Waals surface area contributed by atoms with E-state index >= 15 is 0 Å². The number of anilines is 1. The molecule has 5 heteroatoms. The van der Waals surface area contributed by atoms with Gasteiger partial charge in [0.1, 0.15) is 0 Å². The van der Waals surface area contributed by atoms with Gasteiger partial charge in [-0.25, -0.2) is 0 Å². The maximum atomic E-state index is 12.7. The van der Waals surface area contributed by atoms with E-state index in [1.807, 2.05) is 54.6 Å². The van der Waals surface area contributed by atoms with E-state index in [1.165, 1.54) is 14.0 Å². The molecule has 1 atom stereocenters. The molecule has 3 rings (SSSR count). The lowest BCUT2D eigenvalue weighted by Gasteiger charge is -2.18. The molecule has 0 radical (unpaired) electrons. The van der Waals surface area contributed by atoms with Gasteiger partial charge in [-0.1, -0.05) is 48.5 Å². The number of ketones is 1. The number of carbonyl (C=O) groups is 2. The molecule has 148 valence electrons. The first-order valence-corrected chi connectivity index (χ1v) is 9.30. The van der Waals surface area contributed by atoms with E-state index in [0.29, 0.717) is 22.7 Å². The van der Waals surface area contributed by atoms with E-state index in [-0.39, 0.29) is 11.7 Å². The Labute approximate surface area is 170 Å². The lowest BCUT2D eigenvalue weighted by atomic mass is 10.0. The van der Waals surface area contributed by atoms with Crippen LogP contribution in [0, 0.1) is 0 Å². The third-order valence-corrected chi connectivity index (χ3v) is 4.51. The second-order valence-electron chi connectivity index (χ2n) is 6.58. The number of para-hydroxylation sites is 1. The summed E-state index contributed by atoms with van der Waals surface area (Å²) in [5, 5.41) is 2.94. The molecule has 0 aliphatic heterocycles. The maximum Gasteiger partial charge on any atom is 0.265 e. The zero-order chi connectivity index (χ0) is 20.8. The van der Waals surface area contributed by atoms with Crippen LogP contribution in [0.3, 0.4) is 0 Å². The normalized spacial score (nSPS) is 11.4. The first-order valence-electron chi connectivity index (χ1n) is 9.30. The summed E-state index contributed by atoms with van der Waals surface area (Å²) in [5.74, 6) is 0.447. The first kappa shape index (κ1) is 20.1. The van der Waals surface area contributed by atoms with Gasteiger partial charge in [-0.3, -0.25) is 9.59 Å².